The smallest absolute Gasteiger partial charge is 0.272 e. The van der Waals surface area contributed by atoms with Gasteiger partial charge in [0.1, 0.15) is 11.5 Å². The van der Waals surface area contributed by atoms with Crippen molar-refractivity contribution in [2.75, 3.05) is 31.1 Å². The highest BCUT2D eigenvalue weighted by atomic mass is 35.5. The Bertz CT molecular complexity index is 1380. The van der Waals surface area contributed by atoms with E-state index in [1.54, 1.807) is 46.0 Å². The largest absolute Gasteiger partial charge is 0.368 e. The minimum Gasteiger partial charge on any atom is -0.368 e. The minimum atomic E-state index is -0.341. The number of nitrogens with zero attached hydrogens (tertiary/aromatic N) is 4. The normalized spacial score (nSPS) is 13.8. The third-order valence-electron chi connectivity index (χ3n) is 5.96. The van der Waals surface area contributed by atoms with Gasteiger partial charge in [0.05, 0.1) is 21.4 Å². The molecule has 0 spiro atoms. The average Bonchev–Trinajstić information content (AvgIpc) is 3.31. The molecule has 0 N–H and O–H groups in total. The third kappa shape index (κ3) is 5.01. The van der Waals surface area contributed by atoms with Crippen molar-refractivity contribution in [3.8, 4) is 16.9 Å². The van der Waals surface area contributed by atoms with Gasteiger partial charge in [0, 0.05) is 42.5 Å². The number of halogens is 4. The number of aromatic nitrogens is 2. The number of amides is 1. The van der Waals surface area contributed by atoms with Gasteiger partial charge < -0.3 is 9.80 Å². The molecule has 0 unspecified atom stereocenters. The SMILES string of the molecule is O=C(c1cc(-c2ccc(F)cc2)nn1-c1ccc(Cl)c(Cl)c1)N1CCN(c2cccc(Cl)c2)CC1. The van der Waals surface area contributed by atoms with Gasteiger partial charge in [-0.2, -0.15) is 5.10 Å². The lowest BCUT2D eigenvalue weighted by atomic mass is 10.1. The summed E-state index contributed by atoms with van der Waals surface area (Å²) in [5, 5.41) is 6.11. The minimum absolute atomic E-state index is 0.150. The van der Waals surface area contributed by atoms with Crippen LogP contribution in [0.25, 0.3) is 16.9 Å². The third-order valence-corrected chi connectivity index (χ3v) is 6.93. The Kier molecular flexibility index (Phi) is 6.69. The van der Waals surface area contributed by atoms with Crippen molar-refractivity contribution in [1.29, 1.82) is 0 Å². The zero-order chi connectivity index (χ0) is 24.5. The molecule has 2 heterocycles. The number of hydrogen-bond acceptors (Lipinski definition) is 3. The molecule has 35 heavy (non-hydrogen) atoms. The van der Waals surface area contributed by atoms with Gasteiger partial charge in [0.2, 0.25) is 0 Å². The zero-order valence-corrected chi connectivity index (χ0v) is 20.7. The molecule has 0 bridgehead atoms. The highest BCUT2D eigenvalue weighted by Gasteiger charge is 2.26. The van der Waals surface area contributed by atoms with E-state index < -0.39 is 0 Å². The first-order chi connectivity index (χ1) is 16.9. The number of anilines is 1. The molecule has 1 saturated heterocycles. The van der Waals surface area contributed by atoms with Gasteiger partial charge in [-0.3, -0.25) is 4.79 Å². The Morgan fingerprint density at radius 1 is 0.800 bits per heavy atom. The molecule has 5 nitrogen and oxygen atoms in total. The Balaban J connectivity index is 1.45. The molecule has 178 valence electrons. The summed E-state index contributed by atoms with van der Waals surface area (Å²) in [5.74, 6) is -0.491. The molecule has 3 aromatic carbocycles. The molecule has 1 amide bonds. The van der Waals surface area contributed by atoms with Gasteiger partial charge >= 0.3 is 0 Å². The molecule has 0 atom stereocenters. The van der Waals surface area contributed by atoms with E-state index in [1.807, 2.05) is 24.3 Å². The van der Waals surface area contributed by atoms with E-state index in [-0.39, 0.29) is 11.7 Å². The molecule has 0 saturated carbocycles. The van der Waals surface area contributed by atoms with E-state index in [1.165, 1.54) is 12.1 Å². The van der Waals surface area contributed by atoms with Crippen LogP contribution in [0.15, 0.2) is 72.8 Å². The van der Waals surface area contributed by atoms with Gasteiger partial charge in [0.25, 0.3) is 5.91 Å². The Morgan fingerprint density at radius 3 is 2.23 bits per heavy atom. The second-order valence-corrected chi connectivity index (χ2v) is 9.44. The van der Waals surface area contributed by atoms with E-state index >= 15 is 0 Å². The second kappa shape index (κ2) is 9.90. The van der Waals surface area contributed by atoms with Gasteiger partial charge in [-0.25, -0.2) is 9.07 Å². The molecule has 0 radical (unpaired) electrons. The van der Waals surface area contributed by atoms with Crippen molar-refractivity contribution in [2.24, 2.45) is 0 Å². The monoisotopic (exact) mass is 528 g/mol. The molecule has 1 aliphatic heterocycles. The van der Waals surface area contributed by atoms with Crippen molar-refractivity contribution in [3.63, 3.8) is 0 Å². The van der Waals surface area contributed by atoms with Crippen LogP contribution in [-0.2, 0) is 0 Å². The number of rotatable bonds is 4. The summed E-state index contributed by atoms with van der Waals surface area (Å²) in [6.45, 7) is 2.45. The summed E-state index contributed by atoms with van der Waals surface area (Å²) in [6, 6.07) is 20.5. The van der Waals surface area contributed by atoms with Gasteiger partial charge in [0.15, 0.2) is 0 Å². The summed E-state index contributed by atoms with van der Waals surface area (Å²) in [5.41, 5.74) is 3.28. The number of hydrogen-bond donors (Lipinski definition) is 0. The topological polar surface area (TPSA) is 41.4 Å². The van der Waals surface area contributed by atoms with Gasteiger partial charge in [-0.15, -0.1) is 0 Å². The maximum absolute atomic E-state index is 13.6. The summed E-state index contributed by atoms with van der Waals surface area (Å²) >= 11 is 18.5. The van der Waals surface area contributed by atoms with Crippen molar-refractivity contribution in [1.82, 2.24) is 14.7 Å². The lowest BCUT2D eigenvalue weighted by molar-refractivity contribution is 0.0737. The molecule has 0 aliphatic carbocycles. The molecule has 5 rings (SSSR count). The van der Waals surface area contributed by atoms with Crippen LogP contribution >= 0.6 is 34.8 Å². The van der Waals surface area contributed by atoms with Crippen molar-refractivity contribution >= 4 is 46.4 Å². The van der Waals surface area contributed by atoms with Crippen LogP contribution in [0.5, 0.6) is 0 Å². The predicted octanol–water partition coefficient (Wildman–Crippen LogP) is 6.60. The highest BCUT2D eigenvalue weighted by Crippen LogP contribution is 2.28. The zero-order valence-electron chi connectivity index (χ0n) is 18.5. The molecule has 9 heteroatoms. The first kappa shape index (κ1) is 23.7. The van der Waals surface area contributed by atoms with Crippen LogP contribution in [0.1, 0.15) is 10.5 Å². The van der Waals surface area contributed by atoms with Crippen LogP contribution in [0.4, 0.5) is 10.1 Å². The van der Waals surface area contributed by atoms with Crippen LogP contribution < -0.4 is 4.90 Å². The molecular formula is C26H20Cl3FN4O. The maximum Gasteiger partial charge on any atom is 0.272 e. The van der Waals surface area contributed by atoms with Crippen molar-refractivity contribution in [3.05, 3.63) is 99.4 Å². The molecule has 1 aromatic heterocycles. The summed E-state index contributed by atoms with van der Waals surface area (Å²) in [4.78, 5) is 17.7. The lowest BCUT2D eigenvalue weighted by Crippen LogP contribution is -2.49. The number of benzene rings is 3. The van der Waals surface area contributed by atoms with Crippen LogP contribution in [0.3, 0.4) is 0 Å². The van der Waals surface area contributed by atoms with E-state index in [4.69, 9.17) is 34.8 Å². The summed E-state index contributed by atoms with van der Waals surface area (Å²) in [6.07, 6.45) is 0. The quantitative estimate of drug-likeness (QED) is 0.299. The van der Waals surface area contributed by atoms with E-state index in [0.717, 1.165) is 5.69 Å². The first-order valence-electron chi connectivity index (χ1n) is 11.0. The maximum atomic E-state index is 13.6. The number of piperazine rings is 1. The Morgan fingerprint density at radius 2 is 1.54 bits per heavy atom. The standard InChI is InChI=1S/C26H20Cl3FN4O/c27-18-2-1-3-20(14-18)32-10-12-33(13-11-32)26(35)25-16-24(17-4-6-19(30)7-5-17)31-34(25)21-8-9-22(28)23(29)15-21/h1-9,14-16H,10-13H2. The highest BCUT2D eigenvalue weighted by molar-refractivity contribution is 6.42. The van der Waals surface area contributed by atoms with Gasteiger partial charge in [-0.05, 0) is 66.7 Å². The van der Waals surface area contributed by atoms with Crippen molar-refractivity contribution in [2.45, 2.75) is 0 Å². The summed E-state index contributed by atoms with van der Waals surface area (Å²) in [7, 11) is 0. The van der Waals surface area contributed by atoms with Crippen LogP contribution in [0.2, 0.25) is 15.1 Å². The van der Waals surface area contributed by atoms with Gasteiger partial charge in [-0.1, -0.05) is 40.9 Å². The second-order valence-electron chi connectivity index (χ2n) is 8.19. The van der Waals surface area contributed by atoms with Crippen LogP contribution in [0, 0.1) is 5.82 Å². The fourth-order valence-electron chi connectivity index (χ4n) is 4.11. The van der Waals surface area contributed by atoms with E-state index in [2.05, 4.69) is 10.00 Å². The molecule has 1 aliphatic rings. The van der Waals surface area contributed by atoms with E-state index in [9.17, 15) is 9.18 Å². The Hall–Kier alpha value is -3.06. The molecular weight excluding hydrogens is 510 g/mol. The van der Waals surface area contributed by atoms with Crippen LogP contribution in [-0.4, -0.2) is 46.8 Å². The molecule has 1 fully saturated rings. The number of carbonyl (C=O) groups is 1. The first-order valence-corrected chi connectivity index (χ1v) is 12.1. The fourth-order valence-corrected chi connectivity index (χ4v) is 4.59. The molecule has 4 aromatic rings. The average molecular weight is 530 g/mol. The number of carbonyl (C=O) groups excluding carboxylic acids is 1. The Labute approximate surface area is 217 Å². The fraction of sp³-hybridized carbons (Fsp3) is 0.154. The van der Waals surface area contributed by atoms with E-state index in [0.29, 0.717) is 63.9 Å². The predicted molar refractivity (Wildman–Crippen MR) is 139 cm³/mol. The van der Waals surface area contributed by atoms with Crippen molar-refractivity contribution < 1.29 is 9.18 Å². The lowest BCUT2D eigenvalue weighted by Gasteiger charge is -2.36. The summed E-state index contributed by atoms with van der Waals surface area (Å²) < 4.78 is 15.0.